The zero-order valence-corrected chi connectivity index (χ0v) is 16.7. The van der Waals surface area contributed by atoms with Crippen LogP contribution in [-0.2, 0) is 4.74 Å². The summed E-state index contributed by atoms with van der Waals surface area (Å²) in [6, 6.07) is 11.8. The number of H-pyrrole nitrogens is 1. The Kier molecular flexibility index (Phi) is 5.24. The number of hydrogen-bond donors (Lipinski definition) is 1. The number of aromatic amines is 1. The molecule has 1 saturated heterocycles. The van der Waals surface area contributed by atoms with Gasteiger partial charge in [-0.05, 0) is 36.5 Å². The molecule has 1 aromatic heterocycles. The number of nitrogens with one attached hydrogen (secondary N) is 1. The maximum absolute atomic E-state index is 13.3. The van der Waals surface area contributed by atoms with Crippen molar-refractivity contribution in [2.24, 2.45) is 5.41 Å². The Bertz CT molecular complexity index is 881. The lowest BCUT2D eigenvalue weighted by atomic mass is 9.87. The van der Waals surface area contributed by atoms with Crippen molar-refractivity contribution in [2.75, 3.05) is 13.1 Å². The van der Waals surface area contributed by atoms with Gasteiger partial charge in [-0.1, -0.05) is 51.1 Å². The molecule has 0 unspecified atom stereocenters. The molecule has 0 saturated carbocycles. The second-order valence-corrected chi connectivity index (χ2v) is 8.44. The highest BCUT2D eigenvalue weighted by Crippen LogP contribution is 2.34. The van der Waals surface area contributed by atoms with Gasteiger partial charge in [-0.3, -0.25) is 9.59 Å². The minimum atomic E-state index is -0.326. The molecule has 0 spiro atoms. The van der Waals surface area contributed by atoms with Gasteiger partial charge in [0.1, 0.15) is 11.7 Å². The minimum absolute atomic E-state index is 0.120. The van der Waals surface area contributed by atoms with Crippen molar-refractivity contribution in [3.8, 4) is 0 Å². The lowest BCUT2D eigenvalue weighted by Gasteiger charge is -2.43. The van der Waals surface area contributed by atoms with Gasteiger partial charge < -0.3 is 14.6 Å². The van der Waals surface area contributed by atoms with Gasteiger partial charge in [-0.25, -0.2) is 0 Å². The van der Waals surface area contributed by atoms with Crippen LogP contribution in [-0.4, -0.2) is 35.0 Å². The highest BCUT2D eigenvalue weighted by Gasteiger charge is 2.38. The number of rotatable bonds is 2. The summed E-state index contributed by atoms with van der Waals surface area (Å²) in [6.07, 6.45) is -0.330. The quantitative estimate of drug-likeness (QED) is 0.881. The third-order valence-electron chi connectivity index (χ3n) is 5.10. The van der Waals surface area contributed by atoms with Gasteiger partial charge in [-0.2, -0.15) is 0 Å². The molecular formula is C22H28N2O3. The molecule has 3 rings (SSSR count). The number of carbonyl (C=O) groups excluding carboxylic acids is 1. The molecule has 1 aliphatic heterocycles. The Morgan fingerprint density at radius 3 is 2.41 bits per heavy atom. The number of hydrogen-bond acceptors (Lipinski definition) is 3. The molecule has 1 N–H and O–H groups in total. The number of aryl methyl sites for hydroxylation is 2. The van der Waals surface area contributed by atoms with Crippen LogP contribution >= 0.6 is 0 Å². The third kappa shape index (κ3) is 4.14. The van der Waals surface area contributed by atoms with Crippen molar-refractivity contribution in [3.63, 3.8) is 0 Å². The molecule has 0 bridgehead atoms. The Labute approximate surface area is 160 Å². The Morgan fingerprint density at radius 1 is 1.15 bits per heavy atom. The van der Waals surface area contributed by atoms with E-state index in [0.29, 0.717) is 18.7 Å². The summed E-state index contributed by atoms with van der Waals surface area (Å²) in [5.41, 5.74) is 2.27. The lowest BCUT2D eigenvalue weighted by Crippen LogP contribution is -2.52. The number of pyridine rings is 1. The van der Waals surface area contributed by atoms with E-state index in [1.165, 1.54) is 0 Å². The molecule has 0 aliphatic carbocycles. The number of morpholine rings is 1. The molecule has 1 aliphatic rings. The first-order chi connectivity index (χ1) is 12.7. The SMILES string of the molecule is Cc1cc(C)c(C(=O)N2C[C@@H](c3ccccc3)O[C@@H](C(C)(C)C)C2)c(=O)[nH]1. The highest BCUT2D eigenvalue weighted by atomic mass is 16.5. The molecule has 1 aromatic carbocycles. The van der Waals surface area contributed by atoms with E-state index in [-0.39, 0.29) is 34.7 Å². The van der Waals surface area contributed by atoms with Gasteiger partial charge in [0.15, 0.2) is 0 Å². The molecular weight excluding hydrogens is 340 g/mol. The molecule has 1 amide bonds. The largest absolute Gasteiger partial charge is 0.366 e. The van der Waals surface area contributed by atoms with Crippen molar-refractivity contribution in [1.29, 1.82) is 0 Å². The number of amides is 1. The standard InChI is InChI=1S/C22H28N2O3/c1-14-11-15(2)23-20(25)19(14)21(26)24-12-17(16-9-7-6-8-10-16)27-18(13-24)22(3,4)5/h6-11,17-18H,12-13H2,1-5H3,(H,23,25)/t17-,18+/m0/s1. The first kappa shape index (κ1) is 19.4. The maximum atomic E-state index is 13.3. The van der Waals surface area contributed by atoms with Gasteiger partial charge in [0.05, 0.1) is 12.6 Å². The monoisotopic (exact) mass is 368 g/mol. The molecule has 27 heavy (non-hydrogen) atoms. The second-order valence-electron chi connectivity index (χ2n) is 8.44. The fraction of sp³-hybridized carbons (Fsp3) is 0.455. The number of aromatic nitrogens is 1. The summed E-state index contributed by atoms with van der Waals surface area (Å²) in [5, 5.41) is 0. The number of benzene rings is 1. The molecule has 2 heterocycles. The normalized spacial score (nSPS) is 20.6. The van der Waals surface area contributed by atoms with Crippen molar-refractivity contribution in [3.05, 3.63) is 69.1 Å². The minimum Gasteiger partial charge on any atom is -0.366 e. The molecule has 2 atom stereocenters. The Balaban J connectivity index is 1.96. The van der Waals surface area contributed by atoms with E-state index in [1.807, 2.05) is 50.2 Å². The van der Waals surface area contributed by atoms with Gasteiger partial charge in [0, 0.05) is 12.2 Å². The lowest BCUT2D eigenvalue weighted by molar-refractivity contribution is -0.119. The van der Waals surface area contributed by atoms with Gasteiger partial charge in [0.25, 0.3) is 11.5 Å². The Morgan fingerprint density at radius 2 is 1.81 bits per heavy atom. The van der Waals surface area contributed by atoms with Gasteiger partial charge in [0.2, 0.25) is 0 Å². The van der Waals surface area contributed by atoms with Crippen LogP contribution in [0.4, 0.5) is 0 Å². The number of ether oxygens (including phenoxy) is 1. The molecule has 1 fully saturated rings. The van der Waals surface area contributed by atoms with E-state index in [1.54, 1.807) is 4.90 Å². The smallest absolute Gasteiger partial charge is 0.261 e. The molecule has 5 nitrogen and oxygen atoms in total. The molecule has 0 radical (unpaired) electrons. The zero-order chi connectivity index (χ0) is 19.8. The van der Waals surface area contributed by atoms with Crippen LogP contribution in [0.5, 0.6) is 0 Å². The van der Waals surface area contributed by atoms with E-state index in [4.69, 9.17) is 4.74 Å². The second kappa shape index (κ2) is 7.31. The first-order valence-corrected chi connectivity index (χ1v) is 9.37. The van der Waals surface area contributed by atoms with Crippen molar-refractivity contribution < 1.29 is 9.53 Å². The van der Waals surface area contributed by atoms with Crippen LogP contribution in [0.15, 0.2) is 41.2 Å². The summed E-state index contributed by atoms with van der Waals surface area (Å²) >= 11 is 0. The average Bonchev–Trinajstić information content (AvgIpc) is 2.60. The summed E-state index contributed by atoms with van der Waals surface area (Å²) < 4.78 is 6.35. The zero-order valence-electron chi connectivity index (χ0n) is 16.7. The van der Waals surface area contributed by atoms with Crippen molar-refractivity contribution in [2.45, 2.75) is 46.8 Å². The number of carbonyl (C=O) groups is 1. The van der Waals surface area contributed by atoms with Crippen LogP contribution in [0, 0.1) is 19.3 Å². The molecule has 2 aromatic rings. The van der Waals surface area contributed by atoms with E-state index in [2.05, 4.69) is 25.8 Å². The fourth-order valence-corrected chi connectivity index (χ4v) is 3.53. The van der Waals surface area contributed by atoms with Crippen LogP contribution in [0.2, 0.25) is 0 Å². The summed E-state index contributed by atoms with van der Waals surface area (Å²) in [6.45, 7) is 10.9. The predicted molar refractivity (Wildman–Crippen MR) is 106 cm³/mol. The average molecular weight is 368 g/mol. The van der Waals surface area contributed by atoms with E-state index < -0.39 is 0 Å². The van der Waals surface area contributed by atoms with Crippen LogP contribution in [0.25, 0.3) is 0 Å². The van der Waals surface area contributed by atoms with Crippen molar-refractivity contribution >= 4 is 5.91 Å². The van der Waals surface area contributed by atoms with Gasteiger partial charge >= 0.3 is 0 Å². The Hall–Kier alpha value is -2.40. The predicted octanol–water partition coefficient (Wildman–Crippen LogP) is 3.62. The summed E-state index contributed by atoms with van der Waals surface area (Å²) in [7, 11) is 0. The van der Waals surface area contributed by atoms with Crippen molar-refractivity contribution in [1.82, 2.24) is 9.88 Å². The van der Waals surface area contributed by atoms with E-state index in [0.717, 1.165) is 11.3 Å². The number of nitrogens with zero attached hydrogens (tertiary/aromatic N) is 1. The third-order valence-corrected chi connectivity index (χ3v) is 5.10. The van der Waals surface area contributed by atoms with Crippen LogP contribution in [0.3, 0.4) is 0 Å². The maximum Gasteiger partial charge on any atom is 0.261 e. The summed E-state index contributed by atoms with van der Waals surface area (Å²) in [4.78, 5) is 30.2. The van der Waals surface area contributed by atoms with E-state index >= 15 is 0 Å². The highest BCUT2D eigenvalue weighted by molar-refractivity contribution is 5.95. The topological polar surface area (TPSA) is 62.4 Å². The molecule has 5 heteroatoms. The first-order valence-electron chi connectivity index (χ1n) is 9.37. The van der Waals surface area contributed by atoms with Crippen LogP contribution < -0.4 is 5.56 Å². The molecule has 144 valence electrons. The fourth-order valence-electron chi connectivity index (χ4n) is 3.53. The van der Waals surface area contributed by atoms with E-state index in [9.17, 15) is 9.59 Å². The van der Waals surface area contributed by atoms with Crippen LogP contribution in [0.1, 0.15) is 54.1 Å². The van der Waals surface area contributed by atoms with Gasteiger partial charge in [-0.15, -0.1) is 0 Å². The summed E-state index contributed by atoms with van der Waals surface area (Å²) in [5.74, 6) is -0.229.